The summed E-state index contributed by atoms with van der Waals surface area (Å²) in [5.41, 5.74) is 1.17. The summed E-state index contributed by atoms with van der Waals surface area (Å²) in [5, 5.41) is 0. The number of hydrogen-bond donors (Lipinski definition) is 0. The number of carbonyl (C=O) groups is 1. The molecule has 1 aliphatic rings. The zero-order valence-corrected chi connectivity index (χ0v) is 13.4. The van der Waals surface area contributed by atoms with Crippen molar-refractivity contribution < 1.29 is 13.2 Å². The van der Waals surface area contributed by atoms with Crippen molar-refractivity contribution in [1.82, 2.24) is 4.90 Å². The van der Waals surface area contributed by atoms with E-state index < -0.39 is 10.0 Å². The van der Waals surface area contributed by atoms with Crippen molar-refractivity contribution in [3.63, 3.8) is 0 Å². The van der Waals surface area contributed by atoms with Gasteiger partial charge in [-0.15, -0.1) is 0 Å². The largest absolute Gasteiger partial charge is 0.339 e. The Bertz CT molecular complexity index is 588. The second-order valence-electron chi connectivity index (χ2n) is 5.48. The van der Waals surface area contributed by atoms with Crippen molar-refractivity contribution in [1.29, 1.82) is 0 Å². The Hall–Kier alpha value is -1.56. The number of hydrogen-bond acceptors (Lipinski definition) is 3. The van der Waals surface area contributed by atoms with Gasteiger partial charge in [0.05, 0.1) is 11.9 Å². The molecule has 1 heterocycles. The van der Waals surface area contributed by atoms with Crippen LogP contribution >= 0.6 is 0 Å². The average Bonchev–Trinajstić information content (AvgIpc) is 2.74. The minimum Gasteiger partial charge on any atom is -0.339 e. The third kappa shape index (κ3) is 3.97. The minimum absolute atomic E-state index is 0.0328. The van der Waals surface area contributed by atoms with Crippen LogP contribution in [-0.4, -0.2) is 45.6 Å². The molecule has 1 aliphatic heterocycles. The number of carbonyl (C=O) groups excluding carboxylic acids is 1. The molecule has 0 spiro atoms. The highest BCUT2D eigenvalue weighted by molar-refractivity contribution is 7.92. The van der Waals surface area contributed by atoms with Gasteiger partial charge in [0.25, 0.3) is 5.91 Å². The van der Waals surface area contributed by atoms with Crippen molar-refractivity contribution in [2.75, 3.05) is 30.7 Å². The first-order valence-corrected chi connectivity index (χ1v) is 9.07. The number of nitrogens with zero attached hydrogens (tertiary/aromatic N) is 2. The summed E-state index contributed by atoms with van der Waals surface area (Å²) < 4.78 is 24.2. The molecule has 0 saturated carbocycles. The van der Waals surface area contributed by atoms with E-state index in [2.05, 4.69) is 0 Å². The predicted molar refractivity (Wildman–Crippen MR) is 84.1 cm³/mol. The van der Waals surface area contributed by atoms with Gasteiger partial charge in [0.2, 0.25) is 10.0 Å². The van der Waals surface area contributed by atoms with Gasteiger partial charge in [-0.25, -0.2) is 8.42 Å². The third-order valence-corrected chi connectivity index (χ3v) is 5.07. The topological polar surface area (TPSA) is 57.7 Å². The van der Waals surface area contributed by atoms with Crippen LogP contribution in [0.15, 0.2) is 24.3 Å². The molecular weight excluding hydrogens is 288 g/mol. The molecule has 5 nitrogen and oxygen atoms in total. The quantitative estimate of drug-likeness (QED) is 0.859. The fourth-order valence-corrected chi connectivity index (χ4v) is 2.97. The van der Waals surface area contributed by atoms with Gasteiger partial charge in [-0.2, -0.15) is 0 Å². The van der Waals surface area contributed by atoms with Crippen molar-refractivity contribution in [3.8, 4) is 0 Å². The van der Waals surface area contributed by atoms with Crippen LogP contribution in [0.3, 0.4) is 0 Å². The zero-order chi connectivity index (χ0) is 15.5. The molecule has 0 N–H and O–H groups in total. The van der Waals surface area contributed by atoms with Crippen molar-refractivity contribution in [2.45, 2.75) is 25.7 Å². The van der Waals surface area contributed by atoms with E-state index in [0.29, 0.717) is 11.3 Å². The maximum absolute atomic E-state index is 12.4. The summed E-state index contributed by atoms with van der Waals surface area (Å²) in [6.07, 6.45) is 5.63. The Kier molecular flexibility index (Phi) is 4.88. The van der Waals surface area contributed by atoms with Crippen LogP contribution in [0.25, 0.3) is 0 Å². The van der Waals surface area contributed by atoms with Crippen LogP contribution in [0.2, 0.25) is 0 Å². The van der Waals surface area contributed by atoms with Crippen molar-refractivity contribution in [3.05, 3.63) is 29.8 Å². The van der Waals surface area contributed by atoms with E-state index in [0.717, 1.165) is 32.2 Å². The van der Waals surface area contributed by atoms with Gasteiger partial charge < -0.3 is 4.90 Å². The number of sulfonamides is 1. The molecular formula is C15H22N2O3S. The lowest BCUT2D eigenvalue weighted by atomic mass is 10.1. The maximum Gasteiger partial charge on any atom is 0.253 e. The Morgan fingerprint density at radius 1 is 1.05 bits per heavy atom. The lowest BCUT2D eigenvalue weighted by Gasteiger charge is -2.21. The van der Waals surface area contributed by atoms with Gasteiger partial charge in [-0.3, -0.25) is 9.10 Å². The second kappa shape index (κ2) is 6.47. The zero-order valence-electron chi connectivity index (χ0n) is 12.6. The van der Waals surface area contributed by atoms with Gasteiger partial charge in [0, 0.05) is 25.7 Å². The van der Waals surface area contributed by atoms with Crippen LogP contribution in [0.5, 0.6) is 0 Å². The smallest absolute Gasteiger partial charge is 0.253 e. The summed E-state index contributed by atoms with van der Waals surface area (Å²) >= 11 is 0. The molecule has 6 heteroatoms. The van der Waals surface area contributed by atoms with Crippen LogP contribution in [0, 0.1) is 0 Å². The van der Waals surface area contributed by atoms with Crippen LogP contribution in [-0.2, 0) is 10.0 Å². The summed E-state index contributed by atoms with van der Waals surface area (Å²) in [7, 11) is -1.78. The molecule has 116 valence electrons. The Balaban J connectivity index is 2.13. The van der Waals surface area contributed by atoms with Gasteiger partial charge in [-0.1, -0.05) is 12.8 Å². The van der Waals surface area contributed by atoms with E-state index in [-0.39, 0.29) is 5.91 Å². The molecule has 0 aromatic heterocycles. The molecule has 1 fully saturated rings. The predicted octanol–water partition coefficient (Wildman–Crippen LogP) is 2.10. The number of rotatable bonds is 3. The van der Waals surface area contributed by atoms with E-state index in [4.69, 9.17) is 0 Å². The maximum atomic E-state index is 12.4. The van der Waals surface area contributed by atoms with E-state index in [1.807, 2.05) is 4.90 Å². The first kappa shape index (κ1) is 15.8. The Morgan fingerprint density at radius 2 is 1.57 bits per heavy atom. The van der Waals surface area contributed by atoms with E-state index in [1.165, 1.54) is 24.2 Å². The van der Waals surface area contributed by atoms with E-state index in [9.17, 15) is 13.2 Å². The fourth-order valence-electron chi connectivity index (χ4n) is 2.46. The molecule has 1 saturated heterocycles. The second-order valence-corrected chi connectivity index (χ2v) is 7.50. The molecule has 0 radical (unpaired) electrons. The number of amides is 1. The summed E-state index contributed by atoms with van der Waals surface area (Å²) in [4.78, 5) is 14.3. The van der Waals surface area contributed by atoms with Crippen LogP contribution in [0.1, 0.15) is 36.0 Å². The fraction of sp³-hybridized carbons (Fsp3) is 0.533. The highest BCUT2D eigenvalue weighted by Crippen LogP contribution is 2.18. The SMILES string of the molecule is CN(c1ccc(C(=O)N2CCCCCC2)cc1)S(C)(=O)=O. The summed E-state index contributed by atoms with van der Waals surface area (Å²) in [5.74, 6) is 0.0328. The highest BCUT2D eigenvalue weighted by Gasteiger charge is 2.18. The van der Waals surface area contributed by atoms with Gasteiger partial charge in [0.15, 0.2) is 0 Å². The average molecular weight is 310 g/mol. The number of likely N-dealkylation sites (tertiary alicyclic amines) is 1. The molecule has 21 heavy (non-hydrogen) atoms. The number of benzene rings is 1. The van der Waals surface area contributed by atoms with E-state index >= 15 is 0 Å². The molecule has 0 atom stereocenters. The highest BCUT2D eigenvalue weighted by atomic mass is 32.2. The minimum atomic E-state index is -3.28. The molecule has 1 aromatic rings. The molecule has 0 unspecified atom stereocenters. The Labute approximate surface area is 126 Å². The lowest BCUT2D eigenvalue weighted by molar-refractivity contribution is 0.0761. The molecule has 2 rings (SSSR count). The van der Waals surface area contributed by atoms with Crippen LogP contribution < -0.4 is 4.31 Å². The van der Waals surface area contributed by atoms with Gasteiger partial charge >= 0.3 is 0 Å². The summed E-state index contributed by atoms with van der Waals surface area (Å²) in [6.45, 7) is 1.62. The standard InChI is InChI=1S/C15H22N2O3S/c1-16(21(2,19)20)14-9-7-13(8-10-14)15(18)17-11-5-3-4-6-12-17/h7-10H,3-6,11-12H2,1-2H3. The van der Waals surface area contributed by atoms with Crippen LogP contribution in [0.4, 0.5) is 5.69 Å². The molecule has 1 amide bonds. The molecule has 1 aromatic carbocycles. The normalized spacial score (nSPS) is 16.4. The van der Waals surface area contributed by atoms with Crippen molar-refractivity contribution in [2.24, 2.45) is 0 Å². The number of anilines is 1. The van der Waals surface area contributed by atoms with Gasteiger partial charge in [0.1, 0.15) is 0 Å². The molecule has 0 bridgehead atoms. The third-order valence-electron chi connectivity index (χ3n) is 3.87. The Morgan fingerprint density at radius 3 is 2.05 bits per heavy atom. The van der Waals surface area contributed by atoms with Gasteiger partial charge in [-0.05, 0) is 37.1 Å². The molecule has 0 aliphatic carbocycles. The van der Waals surface area contributed by atoms with E-state index in [1.54, 1.807) is 24.3 Å². The monoisotopic (exact) mass is 310 g/mol. The first-order valence-electron chi connectivity index (χ1n) is 7.23. The lowest BCUT2D eigenvalue weighted by Crippen LogP contribution is -2.31. The van der Waals surface area contributed by atoms with Crippen molar-refractivity contribution >= 4 is 21.6 Å². The first-order chi connectivity index (χ1) is 9.89. The summed E-state index contributed by atoms with van der Waals surface area (Å²) in [6, 6.07) is 6.74.